The Morgan fingerprint density at radius 3 is 1.57 bits per heavy atom. The van der Waals surface area contributed by atoms with Gasteiger partial charge in [-0.25, -0.2) is 19.4 Å². The molecule has 12 rings (SSSR count). The van der Waals surface area contributed by atoms with Crippen LogP contribution in [0.2, 0.25) is 0 Å². The predicted molar refractivity (Wildman–Crippen MR) is 335 cm³/mol. The first-order valence-electron chi connectivity index (χ1n) is 34.0. The van der Waals surface area contributed by atoms with Gasteiger partial charge in [0, 0.05) is 104 Å². The van der Waals surface area contributed by atoms with Crippen molar-refractivity contribution in [2.24, 2.45) is 81.8 Å². The summed E-state index contributed by atoms with van der Waals surface area (Å²) in [6.45, 7) is 30.2. The van der Waals surface area contributed by atoms with E-state index in [-0.39, 0.29) is 59.1 Å². The van der Waals surface area contributed by atoms with E-state index in [1.165, 1.54) is 84.5 Å². The normalized spacial score (nSPS) is 40.4. The van der Waals surface area contributed by atoms with E-state index in [0.717, 1.165) is 139 Å². The number of ketones is 2. The molecule has 0 aromatic carbocycles. The van der Waals surface area contributed by atoms with Gasteiger partial charge in [0.25, 0.3) is 0 Å². The maximum atomic E-state index is 12.3. The van der Waals surface area contributed by atoms with Crippen molar-refractivity contribution >= 4 is 55.6 Å². The molecule has 0 unspecified atom stereocenters. The van der Waals surface area contributed by atoms with Crippen molar-refractivity contribution in [1.29, 1.82) is 0 Å². The molecule has 8 aliphatic carbocycles. The van der Waals surface area contributed by atoms with Gasteiger partial charge in [0.1, 0.15) is 17.9 Å². The standard InChI is InChI=1S/C32H50N2O3.C28H43NO2.C4H7NO2.C4H6O4.C2H3BO2.Na/c1-19-14-29-30(34(18-19)13-12-33-22(4)35)21(3)32(37-29)11-9-25-26-7-6-23-15-24(36)8-10-31(23,5)28(26)16-27(25)20(2)17-32;1-16-11-25-26(29-15-16)18(3)28(31-25)10-8-21-22-6-5-19-12-20(30)7-9-27(19,4)24(22)13-23(21)17(2)14-28;1-4(7)5-2-3-6;1-3(5)7-8-4(2)6;1-2(4)5-3;/h19,21,23,25-26,28-30H,6-18H2,1-5H3,(H,33,35);16,18-19,21-22,24-26,29H,5-15H2,1-4H3;3H,2H2,1H3,(H,5,7);1-2H3;1H3;/q;;;;-1;+1/t19-,21+,23+,25-,26-,28-,29+,30-,31-,32-;16-,18+,19+,21-,22-,24-,25+,26-,27-,28-;;;;/m00..../s1. The number of amides is 2. The van der Waals surface area contributed by atoms with Gasteiger partial charge in [0.2, 0.25) is 17.8 Å². The smallest absolute Gasteiger partial charge is 0.793 e. The van der Waals surface area contributed by atoms with Gasteiger partial charge in [-0.2, -0.15) is 0 Å². The van der Waals surface area contributed by atoms with E-state index in [1.54, 1.807) is 23.6 Å². The molecule has 6 saturated carbocycles. The minimum absolute atomic E-state index is 0. The molecule has 4 aliphatic heterocycles. The van der Waals surface area contributed by atoms with Crippen molar-refractivity contribution < 1.29 is 91.8 Å². The van der Waals surface area contributed by atoms with Gasteiger partial charge in [-0.3, -0.25) is 28.9 Å². The molecule has 89 heavy (non-hydrogen) atoms. The number of likely N-dealkylation sites (tertiary alicyclic amines) is 1. The van der Waals surface area contributed by atoms with E-state index in [2.05, 4.69) is 98.7 Å². The van der Waals surface area contributed by atoms with Crippen molar-refractivity contribution in [3.8, 4) is 0 Å². The molecule has 10 fully saturated rings. The van der Waals surface area contributed by atoms with E-state index in [9.17, 15) is 38.4 Å². The number of carbonyl (C=O) groups excluding carboxylic acids is 8. The monoisotopic (exact) mass is 1250 g/mol. The Balaban J connectivity index is 0.000000194. The first-order valence-corrected chi connectivity index (χ1v) is 34.0. The molecule has 2 spiro atoms. The molecule has 3 radical (unpaired) electrons. The Hall–Kier alpha value is -3.26. The van der Waals surface area contributed by atoms with Crippen molar-refractivity contribution in [3.63, 3.8) is 0 Å². The number of rotatable bonds is 5. The van der Waals surface area contributed by atoms with Crippen LogP contribution in [0.25, 0.3) is 0 Å². The number of hydrogen-bond donors (Lipinski definition) is 3. The second-order valence-corrected chi connectivity index (χ2v) is 30.2. The number of nitrogens with zero attached hydrogens (tertiary/aromatic N) is 1. The molecular weight excluding hydrogens is 1140 g/mol. The maximum Gasteiger partial charge on any atom is 1.00 e. The fraction of sp³-hybridized carbons (Fsp3) is 0.829. The van der Waals surface area contributed by atoms with Gasteiger partial charge in [-0.1, -0.05) is 63.8 Å². The Labute approximate surface area is 555 Å². The summed E-state index contributed by atoms with van der Waals surface area (Å²) in [6.07, 6.45) is 24.5. The zero-order valence-electron chi connectivity index (χ0n) is 56.8. The van der Waals surface area contributed by atoms with Gasteiger partial charge in [0.05, 0.1) is 30.0 Å². The number of nitrogens with one attached hydrogen (secondary N) is 3. The number of fused-ring (bicyclic) bond motifs is 12. The fourth-order valence-corrected chi connectivity index (χ4v) is 20.5. The zero-order valence-corrected chi connectivity index (χ0v) is 58.8. The van der Waals surface area contributed by atoms with Gasteiger partial charge in [-0.15, -0.1) is 0 Å². The summed E-state index contributed by atoms with van der Waals surface area (Å²) in [5, 5.41) is 9.16. The third-order valence-electron chi connectivity index (χ3n) is 24.8. The molecule has 491 valence electrons. The second-order valence-electron chi connectivity index (χ2n) is 30.2. The van der Waals surface area contributed by atoms with Crippen LogP contribution in [-0.2, 0) is 62.3 Å². The molecule has 12 aliphatic rings. The van der Waals surface area contributed by atoms with Gasteiger partial charge >= 0.3 is 41.5 Å². The van der Waals surface area contributed by atoms with Crippen molar-refractivity contribution in [3.05, 3.63) is 22.3 Å². The third kappa shape index (κ3) is 16.3. The number of carbonyl (C=O) groups is 8. The maximum absolute atomic E-state index is 12.3. The minimum Gasteiger partial charge on any atom is -0.793 e. The van der Waals surface area contributed by atoms with Gasteiger partial charge in [-0.05, 0) is 193 Å². The molecule has 3 N–H and O–H groups in total. The van der Waals surface area contributed by atoms with E-state index < -0.39 is 17.9 Å². The van der Waals surface area contributed by atoms with Crippen molar-refractivity contribution in [2.75, 3.05) is 32.7 Å². The molecule has 20 atom stereocenters. The van der Waals surface area contributed by atoms with Crippen LogP contribution < -0.4 is 45.5 Å². The molecule has 2 amide bonds. The van der Waals surface area contributed by atoms with Crippen LogP contribution in [0, 0.1) is 81.8 Å². The van der Waals surface area contributed by atoms with E-state index in [0.29, 0.717) is 82.6 Å². The van der Waals surface area contributed by atoms with Crippen molar-refractivity contribution in [2.45, 2.75) is 254 Å². The van der Waals surface area contributed by atoms with Crippen LogP contribution in [0.5, 0.6) is 0 Å². The van der Waals surface area contributed by atoms with Gasteiger partial charge < -0.3 is 42.9 Å². The first-order chi connectivity index (χ1) is 41.6. The zero-order chi connectivity index (χ0) is 64.2. The third-order valence-corrected chi connectivity index (χ3v) is 24.8. The molecule has 19 heteroatoms. The van der Waals surface area contributed by atoms with Crippen LogP contribution in [0.1, 0.15) is 218 Å². The van der Waals surface area contributed by atoms with Gasteiger partial charge in [0.15, 0.2) is 0 Å². The quantitative estimate of drug-likeness (QED) is 0.0815. The number of allylic oxidation sites excluding steroid dienone is 2. The SMILES string of the molecule is CC(=O)NCC=O.CC(=O)NCCN1C[C@@H](C)C[C@H]2O[C@]3(CC[C@@H]4C(=C(C)C3)C[C@H]3[C@H]4CC[C@@H]4CC(=O)CC[C@@]43C)[C@H](C)[C@@H]21.CC(=O)OOC(C)=O.CC1=C2C[C@H]3[C@@H](CC[C@@H]4CC(=O)CC[C@@]43C)[C@@H]2CC[C@@]2(C1)O[C@@H]1C[C@H](C)CN[C@H]1[C@H]2C.[B-]OC(C)=O.[Na+]. The number of piperidine rings is 2. The predicted octanol–water partition coefficient (Wildman–Crippen LogP) is 7.19. The summed E-state index contributed by atoms with van der Waals surface area (Å²) in [5.74, 6) is 7.69. The number of hydrogen-bond acceptors (Lipinski definition) is 15. The topological polar surface area (TPSA) is 222 Å². The summed E-state index contributed by atoms with van der Waals surface area (Å²) in [6, 6.07) is 1.01. The molecule has 4 heterocycles. The van der Waals surface area contributed by atoms with Crippen LogP contribution in [0.4, 0.5) is 0 Å². The van der Waals surface area contributed by atoms with Crippen LogP contribution >= 0.6 is 0 Å². The number of aldehydes is 1. The van der Waals surface area contributed by atoms with Crippen molar-refractivity contribution in [1.82, 2.24) is 20.9 Å². The largest absolute Gasteiger partial charge is 1.00 e. The average Bonchev–Trinajstić information content (AvgIpc) is 1.63. The minimum atomic E-state index is -0.639. The molecule has 0 aromatic rings. The Morgan fingerprint density at radius 1 is 0.652 bits per heavy atom. The average molecular weight is 1250 g/mol. The number of Topliss-reactive ketones (excluding diaryl/α,β-unsaturated/α-hetero) is 2. The first kappa shape index (κ1) is 73.2. The van der Waals surface area contributed by atoms with E-state index in [4.69, 9.17) is 9.47 Å². The van der Waals surface area contributed by atoms with E-state index in [1.807, 2.05) is 5.57 Å². The molecular formula is C70H109BN4NaO13. The Bertz CT molecular complexity index is 2640. The molecule has 0 bridgehead atoms. The van der Waals surface area contributed by atoms with Crippen LogP contribution in [-0.4, -0.2) is 129 Å². The molecule has 4 saturated heterocycles. The summed E-state index contributed by atoms with van der Waals surface area (Å²) in [7, 11) is 4.32. The fourth-order valence-electron chi connectivity index (χ4n) is 20.5. The van der Waals surface area contributed by atoms with Crippen LogP contribution in [0.3, 0.4) is 0 Å². The molecule has 17 nitrogen and oxygen atoms in total. The van der Waals surface area contributed by atoms with Crippen LogP contribution in [0.15, 0.2) is 22.3 Å². The summed E-state index contributed by atoms with van der Waals surface area (Å²) in [5.41, 5.74) is 7.69. The number of ether oxygens (including phenoxy) is 2. The summed E-state index contributed by atoms with van der Waals surface area (Å²) in [4.78, 5) is 94.8. The summed E-state index contributed by atoms with van der Waals surface area (Å²) < 4.78 is 17.8. The Kier molecular flexibility index (Phi) is 25.4. The van der Waals surface area contributed by atoms with E-state index >= 15 is 0 Å². The second kappa shape index (κ2) is 30.9. The molecule has 0 aromatic heterocycles. The Morgan fingerprint density at radius 2 is 1.12 bits per heavy atom. The summed E-state index contributed by atoms with van der Waals surface area (Å²) >= 11 is 0.